The first-order chi connectivity index (χ1) is 6.25. The predicted molar refractivity (Wildman–Crippen MR) is 58.5 cm³/mol. The Kier molecular flexibility index (Phi) is 3.83. The van der Waals surface area contributed by atoms with E-state index in [0.29, 0.717) is 6.54 Å². The van der Waals surface area contributed by atoms with E-state index in [1.54, 1.807) is 4.90 Å². The number of carbonyl (C=O) groups excluding carboxylic acids is 1. The average Bonchev–Trinajstić information content (AvgIpc) is 2.15. The molecule has 3 heteroatoms. The van der Waals surface area contributed by atoms with Crippen molar-refractivity contribution in [1.82, 2.24) is 0 Å². The molecular weight excluding hydrogens is 182 g/mol. The van der Waals surface area contributed by atoms with Gasteiger partial charge in [-0.3, -0.25) is 4.79 Å². The zero-order chi connectivity index (χ0) is 9.68. The second-order valence-corrected chi connectivity index (χ2v) is 3.15. The number of hydrogen-bond donors (Lipinski definition) is 1. The molecule has 1 aromatic carbocycles. The van der Waals surface area contributed by atoms with Crippen LogP contribution in [0.5, 0.6) is 0 Å². The van der Waals surface area contributed by atoms with E-state index >= 15 is 0 Å². The lowest BCUT2D eigenvalue weighted by Gasteiger charge is -2.19. The molecule has 2 nitrogen and oxygen atoms in total. The summed E-state index contributed by atoms with van der Waals surface area (Å²) in [5.74, 6) is 0. The summed E-state index contributed by atoms with van der Waals surface area (Å²) in [4.78, 5) is 12.8. The number of nitrogens with zero attached hydrogens (tertiary/aromatic N) is 1. The molecule has 0 radical (unpaired) electrons. The largest absolute Gasteiger partial charge is 0.304 e. The topological polar surface area (TPSA) is 20.3 Å². The van der Waals surface area contributed by atoms with Crippen molar-refractivity contribution in [3.63, 3.8) is 0 Å². The van der Waals surface area contributed by atoms with Gasteiger partial charge in [0.2, 0.25) is 0 Å². The maximum atomic E-state index is 11.1. The summed E-state index contributed by atoms with van der Waals surface area (Å²) in [7, 11) is 0. The molecule has 0 fully saturated rings. The summed E-state index contributed by atoms with van der Waals surface area (Å²) in [6.07, 6.45) is 0.932. The van der Waals surface area contributed by atoms with E-state index in [4.69, 9.17) is 0 Å². The summed E-state index contributed by atoms with van der Waals surface area (Å²) >= 11 is 3.83. The van der Waals surface area contributed by atoms with Gasteiger partial charge in [0.1, 0.15) is 0 Å². The number of benzene rings is 1. The SMILES string of the molecule is CCCN(C(=O)S)c1ccccc1. The summed E-state index contributed by atoms with van der Waals surface area (Å²) in [6, 6.07) is 9.56. The van der Waals surface area contributed by atoms with Gasteiger partial charge in [-0.1, -0.05) is 37.8 Å². The van der Waals surface area contributed by atoms with Crippen LogP contribution in [0.2, 0.25) is 0 Å². The molecule has 0 aromatic heterocycles. The molecule has 0 aliphatic heterocycles. The number of rotatable bonds is 3. The molecule has 0 atom stereocenters. The summed E-state index contributed by atoms with van der Waals surface area (Å²) in [5, 5.41) is -0.201. The smallest absolute Gasteiger partial charge is 0.282 e. The minimum Gasteiger partial charge on any atom is -0.304 e. The maximum Gasteiger partial charge on any atom is 0.282 e. The predicted octanol–water partition coefficient (Wildman–Crippen LogP) is 2.95. The Bertz CT molecular complexity index is 274. The average molecular weight is 195 g/mol. The van der Waals surface area contributed by atoms with Crippen LogP contribution in [-0.2, 0) is 0 Å². The Morgan fingerprint density at radius 2 is 2.00 bits per heavy atom. The third-order valence-electron chi connectivity index (χ3n) is 1.75. The van der Waals surface area contributed by atoms with E-state index < -0.39 is 0 Å². The second kappa shape index (κ2) is 4.92. The first kappa shape index (κ1) is 10.1. The fraction of sp³-hybridized carbons (Fsp3) is 0.300. The van der Waals surface area contributed by atoms with Gasteiger partial charge in [0.05, 0.1) is 0 Å². The third-order valence-corrected chi connectivity index (χ3v) is 1.99. The van der Waals surface area contributed by atoms with Gasteiger partial charge >= 0.3 is 0 Å². The molecule has 0 aliphatic carbocycles. The highest BCUT2D eigenvalue weighted by Crippen LogP contribution is 2.15. The molecule has 0 unspecified atom stereocenters. The molecule has 1 aromatic rings. The van der Waals surface area contributed by atoms with Crippen molar-refractivity contribution in [2.45, 2.75) is 13.3 Å². The quantitative estimate of drug-likeness (QED) is 0.735. The summed E-state index contributed by atoms with van der Waals surface area (Å²) in [5.41, 5.74) is 0.907. The molecule has 13 heavy (non-hydrogen) atoms. The Hall–Kier alpha value is -0.960. The van der Waals surface area contributed by atoms with Crippen LogP contribution in [0.3, 0.4) is 0 Å². The van der Waals surface area contributed by atoms with Crippen LogP contribution in [-0.4, -0.2) is 11.8 Å². The molecule has 0 bridgehead atoms. The minimum absolute atomic E-state index is 0.201. The number of thiol groups is 1. The van der Waals surface area contributed by atoms with Crippen molar-refractivity contribution in [2.75, 3.05) is 11.4 Å². The van der Waals surface area contributed by atoms with Gasteiger partial charge in [-0.2, -0.15) is 0 Å². The Balaban J connectivity index is 2.82. The van der Waals surface area contributed by atoms with Gasteiger partial charge in [0.25, 0.3) is 5.24 Å². The fourth-order valence-electron chi connectivity index (χ4n) is 1.17. The van der Waals surface area contributed by atoms with Crippen LogP contribution in [0.25, 0.3) is 0 Å². The van der Waals surface area contributed by atoms with Gasteiger partial charge in [0.15, 0.2) is 0 Å². The van der Waals surface area contributed by atoms with E-state index in [9.17, 15) is 4.79 Å². The van der Waals surface area contributed by atoms with Crippen LogP contribution in [0, 0.1) is 0 Å². The van der Waals surface area contributed by atoms with E-state index in [2.05, 4.69) is 12.6 Å². The maximum absolute atomic E-state index is 11.1. The van der Waals surface area contributed by atoms with E-state index in [0.717, 1.165) is 12.1 Å². The van der Waals surface area contributed by atoms with Gasteiger partial charge < -0.3 is 4.90 Å². The zero-order valence-electron chi connectivity index (χ0n) is 7.60. The number of carbonyl (C=O) groups is 1. The molecule has 0 N–H and O–H groups in total. The summed E-state index contributed by atoms with van der Waals surface area (Å²) < 4.78 is 0. The summed E-state index contributed by atoms with van der Waals surface area (Å²) in [6.45, 7) is 2.75. The molecule has 0 saturated heterocycles. The highest BCUT2D eigenvalue weighted by atomic mass is 32.1. The number of hydrogen-bond acceptors (Lipinski definition) is 1. The molecule has 0 heterocycles. The molecule has 0 spiro atoms. The highest BCUT2D eigenvalue weighted by molar-refractivity contribution is 7.96. The lowest BCUT2D eigenvalue weighted by Crippen LogP contribution is -2.26. The lowest BCUT2D eigenvalue weighted by atomic mass is 10.3. The van der Waals surface area contributed by atoms with Crippen molar-refractivity contribution in [3.8, 4) is 0 Å². The Labute approximate surface area is 84.0 Å². The monoisotopic (exact) mass is 195 g/mol. The highest BCUT2D eigenvalue weighted by Gasteiger charge is 2.09. The second-order valence-electron chi connectivity index (χ2n) is 2.77. The number of anilines is 1. The van der Waals surface area contributed by atoms with Crippen molar-refractivity contribution >= 4 is 23.6 Å². The number of amides is 1. The molecule has 0 aliphatic rings. The van der Waals surface area contributed by atoms with E-state index in [-0.39, 0.29) is 5.24 Å². The Morgan fingerprint density at radius 1 is 1.38 bits per heavy atom. The first-order valence-corrected chi connectivity index (χ1v) is 4.76. The lowest BCUT2D eigenvalue weighted by molar-refractivity contribution is 0.265. The molecule has 1 amide bonds. The Morgan fingerprint density at radius 3 is 2.46 bits per heavy atom. The fourth-order valence-corrected chi connectivity index (χ4v) is 1.38. The van der Waals surface area contributed by atoms with Crippen molar-refractivity contribution < 1.29 is 4.79 Å². The van der Waals surface area contributed by atoms with Crippen molar-refractivity contribution in [2.24, 2.45) is 0 Å². The normalized spacial score (nSPS) is 9.69. The number of para-hydroxylation sites is 1. The first-order valence-electron chi connectivity index (χ1n) is 4.31. The molecule has 70 valence electrons. The van der Waals surface area contributed by atoms with E-state index in [1.165, 1.54) is 0 Å². The van der Waals surface area contributed by atoms with Crippen LogP contribution < -0.4 is 4.90 Å². The van der Waals surface area contributed by atoms with Crippen molar-refractivity contribution in [3.05, 3.63) is 30.3 Å². The zero-order valence-corrected chi connectivity index (χ0v) is 8.50. The molecule has 0 saturated carbocycles. The van der Waals surface area contributed by atoms with Gasteiger partial charge in [-0.05, 0) is 18.6 Å². The van der Waals surface area contributed by atoms with Crippen LogP contribution >= 0.6 is 12.6 Å². The standard InChI is InChI=1S/C10H13NOS/c1-2-8-11(10(12)13)9-6-4-3-5-7-9/h3-7H,2,8H2,1H3,(H,12,13). The van der Waals surface area contributed by atoms with Crippen LogP contribution in [0.4, 0.5) is 10.5 Å². The van der Waals surface area contributed by atoms with E-state index in [1.807, 2.05) is 37.3 Å². The van der Waals surface area contributed by atoms with Gasteiger partial charge in [-0.25, -0.2) is 0 Å². The van der Waals surface area contributed by atoms with Crippen LogP contribution in [0.15, 0.2) is 30.3 Å². The minimum atomic E-state index is -0.201. The van der Waals surface area contributed by atoms with Gasteiger partial charge in [0, 0.05) is 12.2 Å². The third kappa shape index (κ3) is 2.77. The molecular formula is C10H13NOS. The molecule has 1 rings (SSSR count). The van der Waals surface area contributed by atoms with Gasteiger partial charge in [-0.15, -0.1) is 0 Å². The van der Waals surface area contributed by atoms with Crippen molar-refractivity contribution in [1.29, 1.82) is 0 Å². The van der Waals surface area contributed by atoms with Crippen LogP contribution in [0.1, 0.15) is 13.3 Å².